The first-order chi connectivity index (χ1) is 7.94. The van der Waals surface area contributed by atoms with Crippen LogP contribution < -0.4 is 0 Å². The summed E-state index contributed by atoms with van der Waals surface area (Å²) in [5, 5.41) is 9.34. The molecule has 0 spiro atoms. The SMILES string of the molecule is Oc1ccc2ncn(C3(C(F)(F)F)CC3)c2c1. The Morgan fingerprint density at radius 2 is 2.00 bits per heavy atom. The minimum Gasteiger partial charge on any atom is -0.508 e. The first-order valence-electron chi connectivity index (χ1n) is 5.17. The normalized spacial score (nSPS) is 18.5. The Morgan fingerprint density at radius 3 is 2.59 bits per heavy atom. The second-order valence-corrected chi connectivity index (χ2v) is 4.32. The van der Waals surface area contributed by atoms with Gasteiger partial charge in [0.05, 0.1) is 17.4 Å². The molecule has 2 aromatic rings. The topological polar surface area (TPSA) is 38.1 Å². The van der Waals surface area contributed by atoms with Crippen molar-refractivity contribution >= 4 is 11.0 Å². The Kier molecular flexibility index (Phi) is 1.80. The highest BCUT2D eigenvalue weighted by Crippen LogP contribution is 2.56. The Bertz CT molecular complexity index is 584. The summed E-state index contributed by atoms with van der Waals surface area (Å²) >= 11 is 0. The highest BCUT2D eigenvalue weighted by atomic mass is 19.4. The molecule has 6 heteroatoms. The predicted molar refractivity (Wildman–Crippen MR) is 54.7 cm³/mol. The molecular formula is C11H9F3N2O. The monoisotopic (exact) mass is 242 g/mol. The van der Waals surface area contributed by atoms with Gasteiger partial charge >= 0.3 is 6.18 Å². The van der Waals surface area contributed by atoms with Gasteiger partial charge in [-0.25, -0.2) is 4.98 Å². The lowest BCUT2D eigenvalue weighted by Gasteiger charge is -2.21. The Balaban J connectivity index is 2.22. The van der Waals surface area contributed by atoms with Crippen LogP contribution in [-0.4, -0.2) is 20.8 Å². The van der Waals surface area contributed by atoms with Crippen molar-refractivity contribution < 1.29 is 18.3 Å². The second-order valence-electron chi connectivity index (χ2n) is 4.32. The van der Waals surface area contributed by atoms with Crippen molar-refractivity contribution in [3.63, 3.8) is 0 Å². The van der Waals surface area contributed by atoms with Crippen LogP contribution in [0.3, 0.4) is 0 Å². The number of aromatic nitrogens is 2. The van der Waals surface area contributed by atoms with Gasteiger partial charge in [0, 0.05) is 6.07 Å². The van der Waals surface area contributed by atoms with Crippen molar-refractivity contribution in [2.24, 2.45) is 0 Å². The summed E-state index contributed by atoms with van der Waals surface area (Å²) in [4.78, 5) is 3.93. The van der Waals surface area contributed by atoms with Crippen LogP contribution in [0, 0.1) is 0 Å². The number of aromatic hydroxyl groups is 1. The zero-order valence-electron chi connectivity index (χ0n) is 8.70. The molecule has 0 amide bonds. The molecule has 0 bridgehead atoms. The fourth-order valence-electron chi connectivity index (χ4n) is 2.12. The lowest BCUT2D eigenvalue weighted by molar-refractivity contribution is -0.178. The van der Waals surface area contributed by atoms with Crippen molar-refractivity contribution in [1.29, 1.82) is 0 Å². The van der Waals surface area contributed by atoms with Crippen LogP contribution in [-0.2, 0) is 5.54 Å². The molecule has 1 heterocycles. The van der Waals surface area contributed by atoms with Gasteiger partial charge in [0.15, 0.2) is 0 Å². The number of hydrogen-bond donors (Lipinski definition) is 1. The average molecular weight is 242 g/mol. The molecular weight excluding hydrogens is 233 g/mol. The van der Waals surface area contributed by atoms with Gasteiger partial charge in [0.1, 0.15) is 11.3 Å². The van der Waals surface area contributed by atoms with E-state index >= 15 is 0 Å². The maximum Gasteiger partial charge on any atom is 0.411 e. The molecule has 0 atom stereocenters. The van der Waals surface area contributed by atoms with E-state index in [1.54, 1.807) is 0 Å². The van der Waals surface area contributed by atoms with Gasteiger partial charge in [-0.1, -0.05) is 0 Å². The molecule has 3 rings (SSSR count). The third kappa shape index (κ3) is 1.33. The summed E-state index contributed by atoms with van der Waals surface area (Å²) in [7, 11) is 0. The van der Waals surface area contributed by atoms with Crippen molar-refractivity contribution in [2.75, 3.05) is 0 Å². The quantitative estimate of drug-likeness (QED) is 0.835. The second kappa shape index (κ2) is 2.94. The highest BCUT2D eigenvalue weighted by molar-refractivity contribution is 5.77. The summed E-state index contributed by atoms with van der Waals surface area (Å²) in [5.41, 5.74) is -1.05. The predicted octanol–water partition coefficient (Wildman–Crippen LogP) is 2.79. The van der Waals surface area contributed by atoms with Crippen molar-refractivity contribution in [1.82, 2.24) is 9.55 Å². The van der Waals surface area contributed by atoms with Gasteiger partial charge in [-0.05, 0) is 25.0 Å². The summed E-state index contributed by atoms with van der Waals surface area (Å²) in [6.07, 6.45) is -2.95. The average Bonchev–Trinajstić information content (AvgIpc) is 2.94. The number of fused-ring (bicyclic) bond motifs is 1. The molecule has 90 valence electrons. The van der Waals surface area contributed by atoms with E-state index < -0.39 is 11.7 Å². The van der Waals surface area contributed by atoms with E-state index in [4.69, 9.17) is 0 Å². The Hall–Kier alpha value is -1.72. The highest BCUT2D eigenvalue weighted by Gasteiger charge is 2.65. The van der Waals surface area contributed by atoms with Gasteiger partial charge in [-0.3, -0.25) is 0 Å². The number of rotatable bonds is 1. The molecule has 1 fully saturated rings. The van der Waals surface area contributed by atoms with Gasteiger partial charge in [-0.15, -0.1) is 0 Å². The number of alkyl halides is 3. The first-order valence-corrected chi connectivity index (χ1v) is 5.17. The maximum absolute atomic E-state index is 13.0. The van der Waals surface area contributed by atoms with Crippen LogP contribution in [0.1, 0.15) is 12.8 Å². The number of nitrogens with zero attached hydrogens (tertiary/aromatic N) is 2. The lowest BCUT2D eigenvalue weighted by Crippen LogP contribution is -2.34. The molecule has 17 heavy (non-hydrogen) atoms. The molecule has 0 aliphatic heterocycles. The van der Waals surface area contributed by atoms with Crippen molar-refractivity contribution in [2.45, 2.75) is 24.6 Å². The smallest absolute Gasteiger partial charge is 0.411 e. The van der Waals surface area contributed by atoms with E-state index in [0.717, 1.165) is 4.57 Å². The van der Waals surface area contributed by atoms with Gasteiger partial charge in [0.25, 0.3) is 0 Å². The van der Waals surface area contributed by atoms with Crippen LogP contribution in [0.4, 0.5) is 13.2 Å². The molecule has 0 radical (unpaired) electrons. The van der Waals surface area contributed by atoms with Crippen LogP contribution in [0.25, 0.3) is 11.0 Å². The van der Waals surface area contributed by atoms with E-state index in [-0.39, 0.29) is 18.6 Å². The standard InChI is InChI=1S/C11H9F3N2O/c12-11(13,14)10(3-4-10)16-6-15-8-2-1-7(17)5-9(8)16/h1-2,5-6,17H,3-4H2. The number of phenols is 1. The first kappa shape index (κ1) is 10.4. The number of halogens is 3. The molecule has 1 aliphatic rings. The van der Waals surface area contributed by atoms with Crippen molar-refractivity contribution in [3.05, 3.63) is 24.5 Å². The number of imidazole rings is 1. The van der Waals surface area contributed by atoms with Gasteiger partial charge in [-0.2, -0.15) is 13.2 Å². The molecule has 1 aromatic heterocycles. The van der Waals surface area contributed by atoms with Crippen LogP contribution in [0.15, 0.2) is 24.5 Å². The molecule has 1 aromatic carbocycles. The maximum atomic E-state index is 13.0. The number of phenolic OH excluding ortho intramolecular Hbond substituents is 1. The largest absolute Gasteiger partial charge is 0.508 e. The van der Waals surface area contributed by atoms with E-state index in [2.05, 4.69) is 4.98 Å². The molecule has 1 aliphatic carbocycles. The van der Waals surface area contributed by atoms with Gasteiger partial charge < -0.3 is 9.67 Å². The minimum atomic E-state index is -4.29. The fraction of sp³-hybridized carbons (Fsp3) is 0.364. The van der Waals surface area contributed by atoms with Crippen molar-refractivity contribution in [3.8, 4) is 5.75 Å². The van der Waals surface area contributed by atoms with E-state index in [1.807, 2.05) is 0 Å². The number of benzene rings is 1. The molecule has 1 N–H and O–H groups in total. The third-order valence-electron chi connectivity index (χ3n) is 3.24. The fourth-order valence-corrected chi connectivity index (χ4v) is 2.12. The zero-order valence-corrected chi connectivity index (χ0v) is 8.70. The molecule has 0 saturated heterocycles. The number of hydrogen-bond acceptors (Lipinski definition) is 2. The lowest BCUT2D eigenvalue weighted by atomic mass is 10.2. The molecule has 1 saturated carbocycles. The molecule has 3 nitrogen and oxygen atoms in total. The van der Waals surface area contributed by atoms with Crippen LogP contribution >= 0.6 is 0 Å². The summed E-state index contributed by atoms with van der Waals surface area (Å²) in [6.45, 7) is 0. The minimum absolute atomic E-state index is 0.0581. The van der Waals surface area contributed by atoms with E-state index in [1.165, 1.54) is 24.5 Å². The van der Waals surface area contributed by atoms with E-state index in [9.17, 15) is 18.3 Å². The van der Waals surface area contributed by atoms with E-state index in [0.29, 0.717) is 11.0 Å². The third-order valence-corrected chi connectivity index (χ3v) is 3.24. The summed E-state index contributed by atoms with van der Waals surface area (Å²) in [6, 6.07) is 4.23. The molecule has 0 unspecified atom stereocenters. The van der Waals surface area contributed by atoms with Crippen LogP contribution in [0.2, 0.25) is 0 Å². The van der Waals surface area contributed by atoms with Gasteiger partial charge in [0.2, 0.25) is 0 Å². The zero-order chi connectivity index (χ0) is 12.3. The summed E-state index contributed by atoms with van der Waals surface area (Å²) < 4.78 is 40.1. The van der Waals surface area contributed by atoms with Crippen LogP contribution in [0.5, 0.6) is 5.75 Å². The summed E-state index contributed by atoms with van der Waals surface area (Å²) in [5.74, 6) is -0.0581. The Labute approximate surface area is 94.5 Å². The Morgan fingerprint density at radius 1 is 1.29 bits per heavy atom.